The van der Waals surface area contributed by atoms with Gasteiger partial charge in [0.25, 0.3) is 0 Å². The van der Waals surface area contributed by atoms with Crippen LogP contribution in [0.2, 0.25) is 0 Å². The molecule has 3 atom stereocenters. The van der Waals surface area contributed by atoms with Gasteiger partial charge in [-0.1, -0.05) is 42.5 Å². The highest BCUT2D eigenvalue weighted by Gasteiger charge is 2.35. The molecule has 2 aromatic rings. The van der Waals surface area contributed by atoms with Crippen LogP contribution >= 0.6 is 0 Å². The highest BCUT2D eigenvalue weighted by atomic mass is 19.1. The van der Waals surface area contributed by atoms with Gasteiger partial charge in [-0.15, -0.1) is 0 Å². The van der Waals surface area contributed by atoms with Crippen molar-refractivity contribution in [2.45, 2.75) is 37.4 Å². The Morgan fingerprint density at radius 2 is 1.55 bits per heavy atom. The Bertz CT molecular complexity index is 965. The van der Waals surface area contributed by atoms with Crippen LogP contribution in [0.3, 0.4) is 0 Å². The molecule has 0 saturated carbocycles. The maximum Gasteiger partial charge on any atom is 0.326 e. The van der Waals surface area contributed by atoms with E-state index in [-0.39, 0.29) is 6.42 Å². The number of benzene rings is 2. The van der Waals surface area contributed by atoms with E-state index in [2.05, 4.69) is 16.0 Å². The van der Waals surface area contributed by atoms with Gasteiger partial charge >= 0.3 is 5.97 Å². The van der Waals surface area contributed by atoms with E-state index >= 15 is 0 Å². The molecule has 0 aromatic heterocycles. The quantitative estimate of drug-likeness (QED) is 0.490. The lowest BCUT2D eigenvalue weighted by Crippen LogP contribution is -2.63. The Labute approximate surface area is 177 Å². The van der Waals surface area contributed by atoms with E-state index in [0.717, 1.165) is 5.56 Å². The van der Waals surface area contributed by atoms with Crippen LogP contribution in [-0.4, -0.2) is 46.9 Å². The Morgan fingerprint density at radius 1 is 0.935 bits per heavy atom. The summed E-state index contributed by atoms with van der Waals surface area (Å²) in [6, 6.07) is 11.3. The summed E-state index contributed by atoms with van der Waals surface area (Å²) in [6.07, 6.45) is -0.136. The minimum Gasteiger partial charge on any atom is -0.480 e. The molecular weight excluding hydrogens is 405 g/mol. The van der Waals surface area contributed by atoms with Crippen molar-refractivity contribution in [2.24, 2.45) is 0 Å². The molecule has 1 aliphatic rings. The van der Waals surface area contributed by atoms with Gasteiger partial charge in [0.05, 0.1) is 6.42 Å². The molecule has 3 rings (SSSR count). The highest BCUT2D eigenvalue weighted by molar-refractivity contribution is 5.99. The molecule has 1 saturated heterocycles. The number of carbonyl (C=O) groups is 4. The Hall–Kier alpha value is -3.75. The van der Waals surface area contributed by atoms with Crippen molar-refractivity contribution in [1.82, 2.24) is 16.0 Å². The van der Waals surface area contributed by atoms with Gasteiger partial charge in [0, 0.05) is 12.8 Å². The number of nitrogens with one attached hydrogen (secondary N) is 3. The fourth-order valence-electron chi connectivity index (χ4n) is 3.31. The van der Waals surface area contributed by atoms with Crippen molar-refractivity contribution in [3.8, 4) is 0 Å². The van der Waals surface area contributed by atoms with Crippen LogP contribution in [0.15, 0.2) is 54.6 Å². The highest BCUT2D eigenvalue weighted by Crippen LogP contribution is 2.10. The third-order valence-corrected chi connectivity index (χ3v) is 4.92. The number of carbonyl (C=O) groups excluding carboxylic acids is 3. The van der Waals surface area contributed by atoms with Crippen LogP contribution < -0.4 is 16.0 Å². The Morgan fingerprint density at radius 3 is 2.19 bits per heavy atom. The van der Waals surface area contributed by atoms with Gasteiger partial charge in [0.1, 0.15) is 23.9 Å². The standard InChI is InChI=1S/C22H22FN3O5/c23-15-8-6-14(7-9-15)11-18(22(30)31)24-19(27)12-17-21(29)25-16(20(28)26-17)10-13-4-2-1-3-5-13/h1-9,16-18H,10-12H2,(H,24,27)(H,25,29)(H,26,28)(H,30,31)/t16-,17-,18+/m0/s1. The number of piperazine rings is 1. The second-order valence-electron chi connectivity index (χ2n) is 7.31. The Balaban J connectivity index is 1.55. The van der Waals surface area contributed by atoms with Gasteiger partial charge in [-0.25, -0.2) is 9.18 Å². The number of aliphatic carboxylic acids is 1. The summed E-state index contributed by atoms with van der Waals surface area (Å²) in [7, 11) is 0. The van der Waals surface area contributed by atoms with Gasteiger partial charge in [-0.3, -0.25) is 14.4 Å². The van der Waals surface area contributed by atoms with Crippen LogP contribution in [0.25, 0.3) is 0 Å². The second kappa shape index (κ2) is 9.84. The molecule has 1 fully saturated rings. The Kier molecular flexibility index (Phi) is 6.96. The molecule has 1 heterocycles. The van der Waals surface area contributed by atoms with Crippen LogP contribution in [-0.2, 0) is 32.0 Å². The molecule has 8 nitrogen and oxygen atoms in total. The zero-order chi connectivity index (χ0) is 22.4. The van der Waals surface area contributed by atoms with Crippen molar-refractivity contribution in [1.29, 1.82) is 0 Å². The van der Waals surface area contributed by atoms with Crippen LogP contribution in [0.1, 0.15) is 17.5 Å². The molecule has 162 valence electrons. The third kappa shape index (κ3) is 6.11. The van der Waals surface area contributed by atoms with E-state index in [1.54, 1.807) is 0 Å². The first-order chi connectivity index (χ1) is 14.8. The largest absolute Gasteiger partial charge is 0.480 e. The first kappa shape index (κ1) is 21.9. The minimum absolute atomic E-state index is 0.0519. The van der Waals surface area contributed by atoms with Crippen LogP contribution in [0, 0.1) is 5.82 Å². The van der Waals surface area contributed by atoms with E-state index < -0.39 is 54.1 Å². The van der Waals surface area contributed by atoms with Crippen molar-refractivity contribution >= 4 is 23.7 Å². The molecule has 2 aromatic carbocycles. The van der Waals surface area contributed by atoms with E-state index in [1.165, 1.54) is 24.3 Å². The molecule has 31 heavy (non-hydrogen) atoms. The number of rotatable bonds is 8. The number of hydrogen-bond acceptors (Lipinski definition) is 4. The molecule has 1 aliphatic heterocycles. The van der Waals surface area contributed by atoms with Crippen molar-refractivity contribution < 1.29 is 28.7 Å². The van der Waals surface area contributed by atoms with E-state index in [4.69, 9.17) is 0 Å². The maximum absolute atomic E-state index is 13.0. The van der Waals surface area contributed by atoms with Crippen molar-refractivity contribution in [3.63, 3.8) is 0 Å². The molecule has 4 N–H and O–H groups in total. The fourth-order valence-corrected chi connectivity index (χ4v) is 3.31. The van der Waals surface area contributed by atoms with Gasteiger partial charge < -0.3 is 21.1 Å². The fraction of sp³-hybridized carbons (Fsp3) is 0.273. The van der Waals surface area contributed by atoms with E-state index in [9.17, 15) is 28.7 Å². The zero-order valence-electron chi connectivity index (χ0n) is 16.5. The molecule has 0 unspecified atom stereocenters. The van der Waals surface area contributed by atoms with Gasteiger partial charge in [0.2, 0.25) is 17.7 Å². The predicted molar refractivity (Wildman–Crippen MR) is 108 cm³/mol. The molecule has 9 heteroatoms. The molecule has 0 bridgehead atoms. The number of carboxylic acids is 1. The molecule has 0 aliphatic carbocycles. The zero-order valence-corrected chi connectivity index (χ0v) is 16.5. The first-order valence-electron chi connectivity index (χ1n) is 9.73. The van der Waals surface area contributed by atoms with Gasteiger partial charge in [-0.2, -0.15) is 0 Å². The molecular formula is C22H22FN3O5. The monoisotopic (exact) mass is 427 g/mol. The maximum atomic E-state index is 13.0. The van der Waals surface area contributed by atoms with Gasteiger partial charge in [0.15, 0.2) is 0 Å². The molecule has 0 radical (unpaired) electrons. The second-order valence-corrected chi connectivity index (χ2v) is 7.31. The summed E-state index contributed by atoms with van der Waals surface area (Å²) in [6.45, 7) is 0. The lowest BCUT2D eigenvalue weighted by molar-refractivity contribution is -0.142. The first-order valence-corrected chi connectivity index (χ1v) is 9.73. The van der Waals surface area contributed by atoms with Crippen molar-refractivity contribution in [3.05, 3.63) is 71.5 Å². The van der Waals surface area contributed by atoms with Crippen molar-refractivity contribution in [2.75, 3.05) is 0 Å². The number of halogens is 1. The summed E-state index contributed by atoms with van der Waals surface area (Å²) < 4.78 is 13.0. The summed E-state index contributed by atoms with van der Waals surface area (Å²) in [5.74, 6) is -3.35. The number of amides is 3. The average Bonchev–Trinajstić information content (AvgIpc) is 2.73. The summed E-state index contributed by atoms with van der Waals surface area (Å²) in [4.78, 5) is 48.5. The molecule has 0 spiro atoms. The summed E-state index contributed by atoms with van der Waals surface area (Å²) in [5, 5.41) is 16.9. The smallest absolute Gasteiger partial charge is 0.326 e. The SMILES string of the molecule is O=C(C[C@@H]1NC(=O)[C@H](Cc2ccccc2)NC1=O)N[C@H](Cc1ccc(F)cc1)C(=O)O. The molecule has 3 amide bonds. The summed E-state index contributed by atoms with van der Waals surface area (Å²) >= 11 is 0. The number of carboxylic acid groups (broad SMARTS) is 1. The van der Waals surface area contributed by atoms with Crippen LogP contribution in [0.4, 0.5) is 4.39 Å². The number of hydrogen-bond donors (Lipinski definition) is 4. The lowest BCUT2D eigenvalue weighted by Gasteiger charge is -2.29. The van der Waals surface area contributed by atoms with Gasteiger partial charge in [-0.05, 0) is 23.3 Å². The normalized spacial score (nSPS) is 19.1. The lowest BCUT2D eigenvalue weighted by atomic mass is 10.0. The third-order valence-electron chi connectivity index (χ3n) is 4.92. The average molecular weight is 427 g/mol. The van der Waals surface area contributed by atoms with E-state index in [0.29, 0.717) is 12.0 Å². The van der Waals surface area contributed by atoms with Crippen LogP contribution in [0.5, 0.6) is 0 Å². The van der Waals surface area contributed by atoms with E-state index in [1.807, 2.05) is 30.3 Å². The topological polar surface area (TPSA) is 125 Å². The summed E-state index contributed by atoms with van der Waals surface area (Å²) in [5.41, 5.74) is 1.41. The minimum atomic E-state index is -1.27. The predicted octanol–water partition coefficient (Wildman–Crippen LogP) is 0.554.